The fraction of sp³-hybridized carbons (Fsp3) is 0. The molecule has 0 atom stereocenters. The average Bonchev–Trinajstić information content (AvgIpc) is 0.753. The number of nitrogens with zero attached hydrogens (tertiary/aromatic N) is 6. The first-order valence-corrected chi connectivity index (χ1v) is 39.3. The Bertz CT molecular complexity index is 6150. The molecule has 0 saturated heterocycles. The second-order valence-corrected chi connectivity index (χ2v) is 33.5. The van der Waals surface area contributed by atoms with E-state index in [2.05, 4.69) is 40.5 Å². The fourth-order valence-electron chi connectivity index (χ4n) is 9.24. The van der Waals surface area contributed by atoms with E-state index in [4.69, 9.17) is 0 Å². The van der Waals surface area contributed by atoms with Crippen molar-refractivity contribution in [3.8, 4) is 0 Å². The lowest BCUT2D eigenvalue weighted by molar-refractivity contribution is 0.476. The van der Waals surface area contributed by atoms with E-state index in [1.165, 1.54) is 0 Å². The van der Waals surface area contributed by atoms with E-state index in [1.807, 2.05) is 10.6 Å². The van der Waals surface area contributed by atoms with Gasteiger partial charge in [-0.3, -0.25) is 45.5 Å². The van der Waals surface area contributed by atoms with Gasteiger partial charge in [-0.15, -0.1) is 0 Å². The summed E-state index contributed by atoms with van der Waals surface area (Å²) in [5.41, 5.74) is -3.96. The molecule has 2 aromatic heterocycles. The topological polar surface area (TPSA) is 669 Å². The summed E-state index contributed by atoms with van der Waals surface area (Å²) >= 11 is 0. The lowest BCUT2D eigenvalue weighted by atomic mass is 10.1. The van der Waals surface area contributed by atoms with Crippen molar-refractivity contribution in [3.63, 3.8) is 0 Å². The molecule has 2 heterocycles. The number of fused-ring (bicyclic) bond motifs is 4. The van der Waals surface area contributed by atoms with Gasteiger partial charge in [0.15, 0.2) is 23.3 Å². The number of anilines is 8. The number of benzene rings is 8. The Kier molecular flexibility index (Phi) is 19.1. The van der Waals surface area contributed by atoms with E-state index in [1.54, 1.807) is 0 Å². The predicted octanol–water partition coefficient (Wildman–Crippen LogP) is 4.35. The van der Waals surface area contributed by atoms with Crippen LogP contribution in [0.3, 0.4) is 0 Å². The quantitative estimate of drug-likeness (QED) is 0.0419. The first kappa shape index (κ1) is 75.1. The molecule has 10 aromatic rings. The molecule has 100 heavy (non-hydrogen) atoms. The molecule has 40 nitrogen and oxygen atoms in total. The molecule has 532 valence electrons. The van der Waals surface area contributed by atoms with E-state index in [0.29, 0.717) is 18.5 Å². The molecular weight excluding hydrogens is 1570 g/mol. The summed E-state index contributed by atoms with van der Waals surface area (Å²) in [6.45, 7) is 0. The van der Waals surface area contributed by atoms with Crippen LogP contribution in [0, 0.1) is 23.3 Å². The monoisotopic (exact) mass is 1600 g/mol. The van der Waals surface area contributed by atoms with Crippen LogP contribution >= 0.6 is 0 Å². The van der Waals surface area contributed by atoms with Crippen molar-refractivity contribution in [2.45, 2.75) is 49.0 Å². The number of nitrogens with one attached hydrogen (secondary N) is 4. The number of hydrogen-bond acceptors (Lipinski definition) is 30. The van der Waals surface area contributed by atoms with Crippen molar-refractivity contribution in [3.05, 3.63) is 121 Å². The molecule has 54 heteroatoms. The Hall–Kier alpha value is -9.16. The van der Waals surface area contributed by atoms with Crippen LogP contribution in [-0.4, -0.2) is 160 Å². The molecule has 0 spiro atoms. The molecule has 0 amide bonds. The normalized spacial score (nSPS) is 13.1. The predicted molar refractivity (Wildman–Crippen MR) is 327 cm³/mol. The molecule has 0 aliphatic rings. The van der Waals surface area contributed by atoms with Gasteiger partial charge in [0.2, 0.25) is 23.8 Å². The van der Waals surface area contributed by atoms with Crippen molar-refractivity contribution < 1.29 is 147 Å². The van der Waals surface area contributed by atoms with Crippen LogP contribution in [-0.2, 0) is 101 Å². The summed E-state index contributed by atoms with van der Waals surface area (Å²) in [7, 11) is -53.7. The Morgan fingerprint density at radius 1 is 0.260 bits per heavy atom. The summed E-state index contributed by atoms with van der Waals surface area (Å²) in [6.07, 6.45) is 1.29. The molecule has 0 aliphatic heterocycles. The molecule has 0 bridgehead atoms. The molecule has 8 aromatic carbocycles. The zero-order valence-corrected chi connectivity index (χ0v) is 55.3. The van der Waals surface area contributed by atoms with Crippen LogP contribution in [0.15, 0.2) is 147 Å². The van der Waals surface area contributed by atoms with Gasteiger partial charge in [-0.25, -0.2) is 37.5 Å². The molecule has 0 fully saturated rings. The van der Waals surface area contributed by atoms with E-state index in [0.717, 1.165) is 42.7 Å². The summed E-state index contributed by atoms with van der Waals surface area (Å²) < 4.78 is 400. The van der Waals surface area contributed by atoms with E-state index in [9.17, 15) is 130 Å². The largest absolute Gasteiger partial charge is 0.321 e. The van der Waals surface area contributed by atoms with Crippen LogP contribution < -0.4 is 21.3 Å². The second-order valence-electron chi connectivity index (χ2n) is 19.5. The summed E-state index contributed by atoms with van der Waals surface area (Å²) in [6, 6.07) is 7.60. The number of hydrogen-bond donors (Lipinski definition) is 14. The first-order chi connectivity index (χ1) is 45.6. The lowest BCUT2D eigenvalue weighted by Crippen LogP contribution is -2.11. The second kappa shape index (κ2) is 25.5. The molecule has 10 rings (SSSR count). The Morgan fingerprint density at radius 2 is 0.480 bits per heavy atom. The maximum Gasteiger partial charge on any atom is 0.295 e. The zero-order valence-electron chi connectivity index (χ0n) is 47.2. The van der Waals surface area contributed by atoms with Gasteiger partial charge in [0, 0.05) is 43.1 Å². The van der Waals surface area contributed by atoms with Gasteiger partial charge in [-0.05, 0) is 60.7 Å². The maximum absolute atomic E-state index is 15.9. The van der Waals surface area contributed by atoms with Gasteiger partial charge in [-0.2, -0.15) is 94.1 Å². The van der Waals surface area contributed by atoms with Gasteiger partial charge in [0.1, 0.15) is 51.8 Å². The van der Waals surface area contributed by atoms with Crippen molar-refractivity contribution in [2.24, 2.45) is 0 Å². The van der Waals surface area contributed by atoms with Gasteiger partial charge < -0.3 is 21.3 Å². The van der Waals surface area contributed by atoms with E-state index >= 15 is 17.6 Å². The molecular formula is C46H30F4N10O30S10. The number of aromatic nitrogens is 6. The minimum absolute atomic E-state index is 0.0501. The van der Waals surface area contributed by atoms with Crippen LogP contribution in [0.4, 0.5) is 64.1 Å². The molecule has 0 radical (unpaired) electrons. The highest BCUT2D eigenvalue weighted by atomic mass is 32.3. The van der Waals surface area contributed by atoms with Crippen LogP contribution in [0.5, 0.6) is 0 Å². The summed E-state index contributed by atoms with van der Waals surface area (Å²) in [5.74, 6) is -9.52. The Balaban J connectivity index is 0.000000236. The van der Waals surface area contributed by atoms with Crippen molar-refractivity contribution in [2.75, 3.05) is 21.3 Å². The molecule has 0 aliphatic carbocycles. The molecule has 0 saturated carbocycles. The van der Waals surface area contributed by atoms with Crippen molar-refractivity contribution in [1.82, 2.24) is 29.9 Å². The van der Waals surface area contributed by atoms with Crippen molar-refractivity contribution in [1.29, 1.82) is 0 Å². The third kappa shape index (κ3) is 15.4. The molecule has 14 N–H and O–H groups in total. The highest BCUT2D eigenvalue weighted by Gasteiger charge is 2.34. The maximum atomic E-state index is 15.9. The van der Waals surface area contributed by atoms with Crippen LogP contribution in [0.25, 0.3) is 43.1 Å². The minimum Gasteiger partial charge on any atom is -0.321 e. The van der Waals surface area contributed by atoms with Gasteiger partial charge in [-0.1, -0.05) is 24.3 Å². The van der Waals surface area contributed by atoms with Gasteiger partial charge in [0.25, 0.3) is 101 Å². The van der Waals surface area contributed by atoms with Crippen LogP contribution in [0.1, 0.15) is 0 Å². The van der Waals surface area contributed by atoms with Gasteiger partial charge >= 0.3 is 0 Å². The lowest BCUT2D eigenvalue weighted by Gasteiger charge is -2.16. The van der Waals surface area contributed by atoms with E-state index < -0.39 is 263 Å². The van der Waals surface area contributed by atoms with Crippen LogP contribution in [0.2, 0.25) is 0 Å². The Morgan fingerprint density at radius 3 is 0.700 bits per heavy atom. The van der Waals surface area contributed by atoms with E-state index in [-0.39, 0.29) is 36.4 Å². The third-order valence-electron chi connectivity index (χ3n) is 13.1. The number of rotatable bonds is 18. The standard InChI is InChI=1S/C23H15F2N5O18S6.C23H15F2N5O12S4/c24-20-12(5-14(51(37,38)39)10-1-8(49(31,32)33)3-16(18(10)20)53(43,44)45)28-22-26-7-27-23(30-22)29-13-6-15(52(40,41)42)11-2-9(50(34,35)36)4-17(54(46,47)48)19(11)21(13)25;24-20-12(7-16(45(37,38)39)10-3-1-5-14(18(10)20)43(31,32)33)28-22-26-9-27-23(30-22)29-13-8-17(46(40,41)42)11-4-2-6-15(44(34,35)36)19(11)21(13)25/h1-7H,(H,31,32,33)(H,34,35,36)(H,37,38,39)(H,40,41,42)(H,43,44,45)(H,46,47,48)(H2,26,27,28,29,30);1-9H,(H,31,32,33)(H,34,35,36)(H,37,38,39)(H,40,41,42)(H2,26,27,28,29,30). The highest BCUT2D eigenvalue weighted by molar-refractivity contribution is 7.88. The smallest absolute Gasteiger partial charge is 0.295 e. The summed E-state index contributed by atoms with van der Waals surface area (Å²) in [4.78, 5) is 9.06. The highest BCUT2D eigenvalue weighted by Crippen LogP contribution is 2.42. The zero-order chi connectivity index (χ0) is 74.7. The third-order valence-corrected chi connectivity index (χ3v) is 21.9. The van der Waals surface area contributed by atoms with Gasteiger partial charge in [0.05, 0.1) is 32.5 Å². The van der Waals surface area contributed by atoms with Crippen molar-refractivity contribution >= 4 is 191 Å². The summed E-state index contributed by atoms with van der Waals surface area (Å²) in [5, 5.41) is 0.286. The molecule has 0 unspecified atom stereocenters. The minimum atomic E-state index is -5.65. The number of halogens is 4. The Labute approximate surface area is 555 Å². The average molecular weight is 1600 g/mol. The first-order valence-electron chi connectivity index (χ1n) is 24.9. The SMILES string of the molecule is O=S(=O)(O)c1cc(Nc2ncnc(Nc3cc(S(=O)(=O)O)c4cccc(S(=O)(=O)O)c4c3F)n2)c(F)c2c(S(=O)(=O)O)cccc12.O=S(=O)(O)c1cc(S(=O)(=O)O)c2c(F)c(Nc3ncnc(Nc4cc(S(=O)(=O)O)c5cc(S(=O)(=O)O)cc(S(=O)(=O)O)c5c4F)n3)cc(S(=O)(=O)O)c2c1. The fourth-order valence-corrected chi connectivity index (χ4v) is 16.2.